The van der Waals surface area contributed by atoms with Crippen LogP contribution in [-0.4, -0.2) is 33.0 Å². The molecule has 1 aliphatic heterocycles. The van der Waals surface area contributed by atoms with Gasteiger partial charge in [-0.1, -0.05) is 0 Å². The van der Waals surface area contributed by atoms with Crippen molar-refractivity contribution in [2.75, 3.05) is 11.9 Å². The van der Waals surface area contributed by atoms with E-state index in [2.05, 4.69) is 20.6 Å². The molecule has 0 aromatic carbocycles. The second-order valence-electron chi connectivity index (χ2n) is 9.65. The third-order valence-corrected chi connectivity index (χ3v) is 8.69. The molecule has 1 saturated carbocycles. The number of aryl methyl sites for hydroxylation is 2. The number of hydrogen-bond donors (Lipinski definition) is 2. The summed E-state index contributed by atoms with van der Waals surface area (Å²) in [4.78, 5) is 49.6. The number of aromatic nitrogens is 3. The second kappa shape index (κ2) is 8.15. The number of rotatable bonds is 4. The van der Waals surface area contributed by atoms with Crippen LogP contribution >= 0.6 is 11.3 Å². The van der Waals surface area contributed by atoms with Crippen molar-refractivity contribution >= 4 is 44.9 Å². The average molecular weight is 494 g/mol. The number of thiophene rings is 1. The van der Waals surface area contributed by atoms with E-state index in [9.17, 15) is 14.4 Å². The number of nitrogens with zero attached hydrogens (tertiary/aromatic N) is 3. The number of esters is 1. The Morgan fingerprint density at radius 2 is 2.11 bits per heavy atom. The summed E-state index contributed by atoms with van der Waals surface area (Å²) < 4.78 is 6.91. The first-order valence-electron chi connectivity index (χ1n) is 12.2. The van der Waals surface area contributed by atoms with Gasteiger partial charge in [-0.25, -0.2) is 9.97 Å². The molecule has 0 radical (unpaired) electrons. The Morgan fingerprint density at radius 3 is 2.89 bits per heavy atom. The molecule has 2 N–H and O–H groups in total. The summed E-state index contributed by atoms with van der Waals surface area (Å²) in [5.74, 6) is 0.111. The summed E-state index contributed by atoms with van der Waals surface area (Å²) in [5.41, 5.74) is 1.89. The van der Waals surface area contributed by atoms with E-state index in [4.69, 9.17) is 4.74 Å². The van der Waals surface area contributed by atoms with Crippen molar-refractivity contribution in [3.8, 4) is 0 Å². The smallest absolute Gasteiger partial charge is 0.309 e. The van der Waals surface area contributed by atoms with Crippen LogP contribution in [0.3, 0.4) is 0 Å². The van der Waals surface area contributed by atoms with Gasteiger partial charge in [0.25, 0.3) is 11.5 Å². The quantitative estimate of drug-likeness (QED) is 0.534. The molecule has 0 bridgehead atoms. The standard InChI is InChI=1S/C25H27N5O4S/c1-3-34-24(33)14-6-7-15-17(11-14)35-22-18(15)20(26-12-27-22)28-16-10-13(2)19-21(31)29-25(8-4-5-9-25)30(19)23(16)32/h10,12,14H,3-9,11H2,1-2H3,(H,29,31)(H,26,27,28)/t14-/m0/s1. The van der Waals surface area contributed by atoms with E-state index in [1.165, 1.54) is 6.33 Å². The summed E-state index contributed by atoms with van der Waals surface area (Å²) in [7, 11) is 0. The number of hydrogen-bond acceptors (Lipinski definition) is 8. The molecule has 3 aromatic heterocycles. The maximum absolute atomic E-state index is 13.7. The Balaban J connectivity index is 1.41. The molecule has 0 unspecified atom stereocenters. The Hall–Kier alpha value is -3.27. The second-order valence-corrected chi connectivity index (χ2v) is 10.7. The first-order valence-corrected chi connectivity index (χ1v) is 13.0. The highest BCUT2D eigenvalue weighted by atomic mass is 32.1. The number of anilines is 2. The van der Waals surface area contributed by atoms with Crippen LogP contribution in [0.5, 0.6) is 0 Å². The molecule has 1 spiro atoms. The summed E-state index contributed by atoms with van der Waals surface area (Å²) in [5, 5.41) is 7.28. The van der Waals surface area contributed by atoms with Crippen molar-refractivity contribution in [1.82, 2.24) is 19.9 Å². The minimum absolute atomic E-state index is 0.142. The average Bonchev–Trinajstić information content (AvgIpc) is 3.53. The zero-order valence-electron chi connectivity index (χ0n) is 19.8. The van der Waals surface area contributed by atoms with Gasteiger partial charge in [0, 0.05) is 4.88 Å². The highest BCUT2D eigenvalue weighted by Gasteiger charge is 2.46. The molecule has 6 rings (SSSR count). The SMILES string of the molecule is CCOC(=O)[C@H]1CCc2c(sc3ncnc(Nc4cc(C)c5n(c4=O)C4(CCCC4)NC5=O)c23)C1. The lowest BCUT2D eigenvalue weighted by molar-refractivity contribution is -0.148. The highest BCUT2D eigenvalue weighted by Crippen LogP contribution is 2.41. The molecule has 0 saturated heterocycles. The van der Waals surface area contributed by atoms with Gasteiger partial charge in [-0.2, -0.15) is 0 Å². The number of carbonyl (C=O) groups excluding carboxylic acids is 2. The van der Waals surface area contributed by atoms with Crippen molar-refractivity contribution in [3.63, 3.8) is 0 Å². The van der Waals surface area contributed by atoms with E-state index in [-0.39, 0.29) is 23.4 Å². The van der Waals surface area contributed by atoms with Crippen molar-refractivity contribution in [1.29, 1.82) is 0 Å². The molecular formula is C25H27N5O4S. The van der Waals surface area contributed by atoms with Crippen LogP contribution in [0.1, 0.15) is 65.5 Å². The molecule has 10 heteroatoms. The fourth-order valence-electron chi connectivity index (χ4n) is 5.95. The molecule has 1 atom stereocenters. The minimum Gasteiger partial charge on any atom is -0.466 e. The summed E-state index contributed by atoms with van der Waals surface area (Å²) in [6.07, 6.45) is 7.03. The summed E-state index contributed by atoms with van der Waals surface area (Å²) >= 11 is 1.57. The lowest BCUT2D eigenvalue weighted by Crippen LogP contribution is -2.45. The van der Waals surface area contributed by atoms with Gasteiger partial charge in [0.2, 0.25) is 0 Å². The minimum atomic E-state index is -0.628. The molecule has 9 nitrogen and oxygen atoms in total. The topological polar surface area (TPSA) is 115 Å². The van der Waals surface area contributed by atoms with Crippen LogP contribution in [0.2, 0.25) is 0 Å². The van der Waals surface area contributed by atoms with Crippen LogP contribution in [0.25, 0.3) is 10.2 Å². The monoisotopic (exact) mass is 493 g/mol. The van der Waals surface area contributed by atoms with E-state index >= 15 is 0 Å². The first-order chi connectivity index (χ1) is 16.9. The van der Waals surface area contributed by atoms with E-state index in [0.29, 0.717) is 36.6 Å². The van der Waals surface area contributed by atoms with Crippen molar-refractivity contribution in [2.45, 2.75) is 64.5 Å². The maximum atomic E-state index is 13.7. The van der Waals surface area contributed by atoms with Gasteiger partial charge >= 0.3 is 5.97 Å². The van der Waals surface area contributed by atoms with Gasteiger partial charge in [0.05, 0.1) is 17.9 Å². The van der Waals surface area contributed by atoms with Crippen LogP contribution in [0.4, 0.5) is 11.5 Å². The van der Waals surface area contributed by atoms with Gasteiger partial charge in [0.1, 0.15) is 34.0 Å². The normalized spacial score (nSPS) is 20.1. The van der Waals surface area contributed by atoms with Gasteiger partial charge in [-0.05, 0) is 76.0 Å². The van der Waals surface area contributed by atoms with Crippen LogP contribution in [0, 0.1) is 12.8 Å². The van der Waals surface area contributed by atoms with Crippen LogP contribution in [-0.2, 0) is 28.0 Å². The molecule has 1 fully saturated rings. The van der Waals surface area contributed by atoms with Crippen LogP contribution < -0.4 is 16.2 Å². The van der Waals surface area contributed by atoms with Crippen LogP contribution in [0.15, 0.2) is 17.2 Å². The van der Waals surface area contributed by atoms with Crippen molar-refractivity contribution in [2.24, 2.45) is 5.92 Å². The molecule has 1 amide bonds. The number of ether oxygens (including phenoxy) is 1. The number of amides is 1. The molecule has 182 valence electrons. The Kier molecular flexibility index (Phi) is 5.17. The number of carbonyl (C=O) groups is 2. The summed E-state index contributed by atoms with van der Waals surface area (Å²) in [6, 6.07) is 1.74. The van der Waals surface area contributed by atoms with Gasteiger partial charge < -0.3 is 15.4 Å². The molecule has 3 aliphatic rings. The predicted molar refractivity (Wildman–Crippen MR) is 132 cm³/mol. The zero-order valence-corrected chi connectivity index (χ0v) is 20.6. The first kappa shape index (κ1) is 22.2. The van der Waals surface area contributed by atoms with E-state index in [0.717, 1.165) is 58.3 Å². The maximum Gasteiger partial charge on any atom is 0.309 e. The van der Waals surface area contributed by atoms with Gasteiger partial charge in [-0.15, -0.1) is 11.3 Å². The Bertz CT molecular complexity index is 1440. The number of nitrogens with one attached hydrogen (secondary N) is 2. The molecule has 35 heavy (non-hydrogen) atoms. The Labute approximate surface area is 205 Å². The lowest BCUT2D eigenvalue weighted by atomic mass is 9.88. The third-order valence-electron chi connectivity index (χ3n) is 7.53. The van der Waals surface area contributed by atoms with Crippen molar-refractivity contribution in [3.05, 3.63) is 44.4 Å². The fourth-order valence-corrected chi connectivity index (χ4v) is 7.22. The van der Waals surface area contributed by atoms with Gasteiger partial charge in [0.15, 0.2) is 0 Å². The molecular weight excluding hydrogens is 466 g/mol. The lowest BCUT2D eigenvalue weighted by Gasteiger charge is -2.26. The van der Waals surface area contributed by atoms with Crippen molar-refractivity contribution < 1.29 is 14.3 Å². The highest BCUT2D eigenvalue weighted by molar-refractivity contribution is 7.19. The van der Waals surface area contributed by atoms with E-state index < -0.39 is 5.66 Å². The predicted octanol–water partition coefficient (Wildman–Crippen LogP) is 3.54. The third kappa shape index (κ3) is 3.37. The fraction of sp³-hybridized carbons (Fsp3) is 0.480. The van der Waals surface area contributed by atoms with E-state index in [1.54, 1.807) is 22.0 Å². The zero-order chi connectivity index (χ0) is 24.3. The molecule has 4 heterocycles. The Morgan fingerprint density at radius 1 is 1.31 bits per heavy atom. The number of pyridine rings is 1. The number of fused-ring (bicyclic) bond motifs is 5. The molecule has 2 aliphatic carbocycles. The molecule has 3 aromatic rings. The van der Waals surface area contributed by atoms with Gasteiger partial charge in [-0.3, -0.25) is 19.0 Å². The summed E-state index contributed by atoms with van der Waals surface area (Å²) in [6.45, 7) is 4.07. The largest absolute Gasteiger partial charge is 0.466 e. The van der Waals surface area contributed by atoms with E-state index in [1.807, 2.05) is 13.8 Å².